The van der Waals surface area contributed by atoms with Crippen molar-refractivity contribution in [1.29, 1.82) is 0 Å². The number of carboxylic acids is 1. The number of nitrogens with one attached hydrogen (secondary N) is 2. The van der Waals surface area contributed by atoms with Crippen LogP contribution < -0.4 is 10.6 Å². The highest BCUT2D eigenvalue weighted by atomic mass is 16.4. The summed E-state index contributed by atoms with van der Waals surface area (Å²) in [7, 11) is 0. The second kappa shape index (κ2) is 6.76. The molecule has 0 aromatic rings. The van der Waals surface area contributed by atoms with Crippen LogP contribution in [0, 0.1) is 5.92 Å². The average molecular weight is 313 g/mol. The number of carbonyl (C=O) groups excluding carboxylic acids is 3. The molecule has 0 aliphatic carbocycles. The molecule has 1 rings (SSSR count). The Morgan fingerprint density at radius 2 is 1.82 bits per heavy atom. The Labute approximate surface area is 129 Å². The Morgan fingerprint density at radius 1 is 1.27 bits per heavy atom. The first kappa shape index (κ1) is 17.9. The standard InChI is InChI=1S/C14H23N3O5/c1-5-14(6-2)12(21)17(13(22)16-14)7-9(18)15-10(8(3)4)11(19)20/h8,10H,5-7H2,1-4H3,(H,15,18)(H,16,22)(H,19,20)/t10-/m0/s1. The van der Waals surface area contributed by atoms with Crippen LogP contribution in [-0.4, -0.2) is 51.9 Å². The lowest BCUT2D eigenvalue weighted by atomic mass is 9.93. The van der Waals surface area contributed by atoms with Crippen LogP contribution in [0.3, 0.4) is 0 Å². The Balaban J connectivity index is 2.78. The summed E-state index contributed by atoms with van der Waals surface area (Å²) >= 11 is 0. The first-order valence-electron chi connectivity index (χ1n) is 7.34. The van der Waals surface area contributed by atoms with Crippen molar-refractivity contribution in [3.8, 4) is 0 Å². The molecule has 0 unspecified atom stereocenters. The lowest BCUT2D eigenvalue weighted by Gasteiger charge is -2.23. The quantitative estimate of drug-likeness (QED) is 0.585. The number of carbonyl (C=O) groups is 4. The van der Waals surface area contributed by atoms with Gasteiger partial charge in [-0.25, -0.2) is 9.59 Å². The molecule has 1 saturated heterocycles. The van der Waals surface area contributed by atoms with Gasteiger partial charge in [-0.1, -0.05) is 27.7 Å². The van der Waals surface area contributed by atoms with E-state index in [9.17, 15) is 19.2 Å². The Bertz CT molecular complexity index is 485. The van der Waals surface area contributed by atoms with E-state index < -0.39 is 41.9 Å². The molecule has 1 heterocycles. The number of aliphatic carboxylic acids is 1. The van der Waals surface area contributed by atoms with Gasteiger partial charge in [0, 0.05) is 0 Å². The van der Waals surface area contributed by atoms with Gasteiger partial charge < -0.3 is 15.7 Å². The van der Waals surface area contributed by atoms with E-state index in [1.54, 1.807) is 27.7 Å². The summed E-state index contributed by atoms with van der Waals surface area (Å²) < 4.78 is 0. The van der Waals surface area contributed by atoms with Gasteiger partial charge in [0.2, 0.25) is 5.91 Å². The summed E-state index contributed by atoms with van der Waals surface area (Å²) in [4.78, 5) is 48.1. The minimum Gasteiger partial charge on any atom is -0.480 e. The molecule has 0 bridgehead atoms. The van der Waals surface area contributed by atoms with Crippen molar-refractivity contribution in [2.24, 2.45) is 5.92 Å². The molecule has 1 aliphatic heterocycles. The molecular weight excluding hydrogens is 290 g/mol. The fourth-order valence-electron chi connectivity index (χ4n) is 2.43. The number of rotatable bonds is 7. The SMILES string of the molecule is CCC1(CC)NC(=O)N(CC(=O)N[C@H](C(=O)O)C(C)C)C1=O. The molecule has 1 atom stereocenters. The van der Waals surface area contributed by atoms with Crippen molar-refractivity contribution in [3.63, 3.8) is 0 Å². The smallest absolute Gasteiger partial charge is 0.326 e. The Morgan fingerprint density at radius 3 is 2.18 bits per heavy atom. The van der Waals surface area contributed by atoms with Crippen LogP contribution in [0.25, 0.3) is 0 Å². The first-order chi connectivity index (χ1) is 10.2. The maximum Gasteiger partial charge on any atom is 0.326 e. The van der Waals surface area contributed by atoms with Crippen molar-refractivity contribution in [3.05, 3.63) is 0 Å². The van der Waals surface area contributed by atoms with E-state index in [4.69, 9.17) is 5.11 Å². The lowest BCUT2D eigenvalue weighted by molar-refractivity contribution is -0.143. The molecule has 0 radical (unpaired) electrons. The highest BCUT2D eigenvalue weighted by molar-refractivity contribution is 6.09. The molecule has 1 aliphatic rings. The van der Waals surface area contributed by atoms with E-state index >= 15 is 0 Å². The van der Waals surface area contributed by atoms with Crippen molar-refractivity contribution in [2.45, 2.75) is 52.1 Å². The molecule has 22 heavy (non-hydrogen) atoms. The van der Waals surface area contributed by atoms with Crippen LogP contribution in [-0.2, 0) is 14.4 Å². The van der Waals surface area contributed by atoms with Crippen molar-refractivity contribution in [1.82, 2.24) is 15.5 Å². The normalized spacial score (nSPS) is 18.3. The van der Waals surface area contributed by atoms with Gasteiger partial charge in [0.15, 0.2) is 0 Å². The predicted molar refractivity (Wildman–Crippen MR) is 78.0 cm³/mol. The molecule has 0 aromatic heterocycles. The number of amides is 4. The summed E-state index contributed by atoms with van der Waals surface area (Å²) in [5.74, 6) is -2.59. The maximum absolute atomic E-state index is 12.3. The minimum absolute atomic E-state index is 0.310. The largest absolute Gasteiger partial charge is 0.480 e. The fourth-order valence-corrected chi connectivity index (χ4v) is 2.43. The molecule has 1 fully saturated rings. The van der Waals surface area contributed by atoms with E-state index in [0.717, 1.165) is 4.90 Å². The van der Waals surface area contributed by atoms with Gasteiger partial charge in [-0.2, -0.15) is 0 Å². The Kier molecular flexibility index (Phi) is 5.51. The highest BCUT2D eigenvalue weighted by Crippen LogP contribution is 2.24. The van der Waals surface area contributed by atoms with Crippen molar-refractivity contribution in [2.75, 3.05) is 6.54 Å². The molecule has 0 aromatic carbocycles. The molecule has 124 valence electrons. The van der Waals surface area contributed by atoms with Gasteiger partial charge in [-0.15, -0.1) is 0 Å². The summed E-state index contributed by atoms with van der Waals surface area (Å²) in [6.45, 7) is 6.40. The predicted octanol–water partition coefficient (Wildman–Crippen LogP) is 0.322. The number of hydrogen-bond acceptors (Lipinski definition) is 4. The maximum atomic E-state index is 12.3. The molecule has 8 heteroatoms. The number of imide groups is 1. The number of carboxylic acid groups (broad SMARTS) is 1. The van der Waals surface area contributed by atoms with Gasteiger partial charge in [0.05, 0.1) is 0 Å². The topological polar surface area (TPSA) is 116 Å². The van der Waals surface area contributed by atoms with Crippen LogP contribution in [0.1, 0.15) is 40.5 Å². The molecule has 4 amide bonds. The summed E-state index contributed by atoms with van der Waals surface area (Å²) in [6, 6.07) is -1.68. The van der Waals surface area contributed by atoms with Gasteiger partial charge in [-0.05, 0) is 18.8 Å². The van der Waals surface area contributed by atoms with Gasteiger partial charge in [-0.3, -0.25) is 14.5 Å². The van der Waals surface area contributed by atoms with Crippen molar-refractivity contribution >= 4 is 23.8 Å². The average Bonchev–Trinajstić information content (AvgIpc) is 2.68. The van der Waals surface area contributed by atoms with E-state index in [1.807, 2.05) is 0 Å². The van der Waals surface area contributed by atoms with Crippen molar-refractivity contribution < 1.29 is 24.3 Å². The van der Waals surface area contributed by atoms with E-state index in [0.29, 0.717) is 12.8 Å². The molecule has 3 N–H and O–H groups in total. The number of hydrogen-bond donors (Lipinski definition) is 3. The number of urea groups is 1. The zero-order valence-electron chi connectivity index (χ0n) is 13.3. The third-order valence-corrected chi connectivity index (χ3v) is 4.00. The Hall–Kier alpha value is -2.12. The highest BCUT2D eigenvalue weighted by Gasteiger charge is 2.49. The van der Waals surface area contributed by atoms with Crippen LogP contribution >= 0.6 is 0 Å². The zero-order valence-corrected chi connectivity index (χ0v) is 13.3. The second-order valence-corrected chi connectivity index (χ2v) is 5.74. The lowest BCUT2D eigenvalue weighted by Crippen LogP contribution is -2.50. The third kappa shape index (κ3) is 3.37. The molecular formula is C14H23N3O5. The number of nitrogens with zero attached hydrogens (tertiary/aromatic N) is 1. The summed E-state index contributed by atoms with van der Waals surface area (Å²) in [5, 5.41) is 14.0. The molecule has 0 spiro atoms. The zero-order chi connectivity index (χ0) is 17.1. The summed E-state index contributed by atoms with van der Waals surface area (Å²) in [6.07, 6.45) is 0.853. The third-order valence-electron chi connectivity index (χ3n) is 4.00. The van der Waals surface area contributed by atoms with Crippen LogP contribution in [0.5, 0.6) is 0 Å². The van der Waals surface area contributed by atoms with Crippen LogP contribution in [0.2, 0.25) is 0 Å². The molecule has 0 saturated carbocycles. The van der Waals surface area contributed by atoms with E-state index in [2.05, 4.69) is 10.6 Å². The van der Waals surface area contributed by atoms with E-state index in [-0.39, 0.29) is 5.92 Å². The summed E-state index contributed by atoms with van der Waals surface area (Å²) in [5.41, 5.74) is -0.971. The van der Waals surface area contributed by atoms with Crippen LogP contribution in [0.4, 0.5) is 4.79 Å². The second-order valence-electron chi connectivity index (χ2n) is 5.74. The minimum atomic E-state index is -1.16. The van der Waals surface area contributed by atoms with E-state index in [1.165, 1.54) is 0 Å². The molecule has 8 nitrogen and oxygen atoms in total. The fraction of sp³-hybridized carbons (Fsp3) is 0.714. The monoisotopic (exact) mass is 313 g/mol. The van der Waals surface area contributed by atoms with Gasteiger partial charge in [0.1, 0.15) is 18.1 Å². The first-order valence-corrected chi connectivity index (χ1v) is 7.34. The van der Waals surface area contributed by atoms with Crippen LogP contribution in [0.15, 0.2) is 0 Å². The van der Waals surface area contributed by atoms with Gasteiger partial charge in [0.25, 0.3) is 5.91 Å². The van der Waals surface area contributed by atoms with Gasteiger partial charge >= 0.3 is 12.0 Å².